The van der Waals surface area contributed by atoms with E-state index in [1.54, 1.807) is 35.5 Å². The number of halogens is 2. The Hall–Kier alpha value is -3.04. The molecule has 0 unspecified atom stereocenters. The second-order valence-electron chi connectivity index (χ2n) is 8.08. The molecule has 3 heterocycles. The molecular weight excluding hydrogens is 406 g/mol. The molecule has 1 saturated carbocycles. The lowest BCUT2D eigenvalue weighted by molar-refractivity contribution is -0.0120. The smallest absolute Gasteiger partial charge is 0.265 e. The number of primary amides is 1. The Balaban J connectivity index is 1.32. The number of pyridine rings is 1. The van der Waals surface area contributed by atoms with E-state index in [4.69, 9.17) is 10.5 Å². The van der Waals surface area contributed by atoms with Crippen molar-refractivity contribution in [2.24, 2.45) is 5.73 Å². The van der Waals surface area contributed by atoms with E-state index in [0.29, 0.717) is 24.7 Å². The van der Waals surface area contributed by atoms with Gasteiger partial charge in [-0.1, -0.05) is 0 Å². The summed E-state index contributed by atoms with van der Waals surface area (Å²) in [6.45, 7) is 0.183. The second kappa shape index (κ2) is 8.99. The molecule has 4 rings (SSSR count). The van der Waals surface area contributed by atoms with E-state index in [2.05, 4.69) is 20.3 Å². The summed E-state index contributed by atoms with van der Waals surface area (Å²) < 4.78 is 33.4. The third kappa shape index (κ3) is 5.36. The Labute approximate surface area is 179 Å². The maximum absolute atomic E-state index is 13.7. The molecule has 8 nitrogen and oxygen atoms in total. The van der Waals surface area contributed by atoms with Crippen LogP contribution in [0.15, 0.2) is 30.6 Å². The van der Waals surface area contributed by atoms with Crippen LogP contribution in [0.25, 0.3) is 0 Å². The number of nitrogens with zero attached hydrogens (tertiary/aromatic N) is 4. The molecule has 2 fully saturated rings. The van der Waals surface area contributed by atoms with Crippen molar-refractivity contribution in [2.45, 2.75) is 56.6 Å². The van der Waals surface area contributed by atoms with E-state index in [1.807, 2.05) is 0 Å². The van der Waals surface area contributed by atoms with Crippen LogP contribution < -0.4 is 20.7 Å². The van der Waals surface area contributed by atoms with E-state index >= 15 is 0 Å². The van der Waals surface area contributed by atoms with Crippen LogP contribution in [-0.2, 0) is 0 Å². The van der Waals surface area contributed by atoms with Crippen molar-refractivity contribution in [3.63, 3.8) is 0 Å². The van der Waals surface area contributed by atoms with E-state index in [1.165, 1.54) is 0 Å². The Bertz CT molecular complexity index is 920. The number of carbonyl (C=O) groups is 1. The number of hydrogen-bond donors (Lipinski definition) is 2. The normalized spacial score (nSPS) is 23.2. The van der Waals surface area contributed by atoms with Crippen molar-refractivity contribution < 1.29 is 18.3 Å². The molecular formula is C21H26F2N6O2. The summed E-state index contributed by atoms with van der Waals surface area (Å²) in [4.78, 5) is 25.8. The SMILES string of the molecule is NC(=O)c1cccnc1OC1CCC(Nc2ccnc(N3CCCC(F)(F)C3)n2)CC1. The molecule has 10 heteroatoms. The first-order valence-corrected chi connectivity index (χ1v) is 10.5. The monoisotopic (exact) mass is 432 g/mol. The predicted octanol–water partition coefficient (Wildman–Crippen LogP) is 3.01. The van der Waals surface area contributed by atoms with Gasteiger partial charge in [-0.25, -0.2) is 18.7 Å². The summed E-state index contributed by atoms with van der Waals surface area (Å²) in [5, 5.41) is 3.38. The van der Waals surface area contributed by atoms with Gasteiger partial charge in [-0.05, 0) is 50.3 Å². The molecule has 0 radical (unpaired) electrons. The number of nitrogens with two attached hydrogens (primary N) is 1. The molecule has 166 valence electrons. The van der Waals surface area contributed by atoms with Gasteiger partial charge in [0.1, 0.15) is 17.5 Å². The Morgan fingerprint density at radius 3 is 2.74 bits per heavy atom. The van der Waals surface area contributed by atoms with Gasteiger partial charge in [-0.3, -0.25) is 4.79 Å². The maximum Gasteiger partial charge on any atom is 0.265 e. The topological polar surface area (TPSA) is 106 Å². The number of anilines is 2. The molecule has 0 aromatic carbocycles. The highest BCUT2D eigenvalue weighted by molar-refractivity contribution is 5.94. The number of aromatic nitrogens is 3. The summed E-state index contributed by atoms with van der Waals surface area (Å²) >= 11 is 0. The summed E-state index contributed by atoms with van der Waals surface area (Å²) in [5.41, 5.74) is 5.66. The fraction of sp³-hybridized carbons (Fsp3) is 0.524. The van der Waals surface area contributed by atoms with Crippen molar-refractivity contribution >= 4 is 17.7 Å². The zero-order valence-corrected chi connectivity index (χ0v) is 17.1. The molecule has 1 saturated heterocycles. The van der Waals surface area contributed by atoms with Gasteiger partial charge in [-0.15, -0.1) is 0 Å². The van der Waals surface area contributed by atoms with Gasteiger partial charge in [-0.2, -0.15) is 4.98 Å². The molecule has 1 amide bonds. The molecule has 1 aliphatic carbocycles. The van der Waals surface area contributed by atoms with Crippen LogP contribution in [0.4, 0.5) is 20.5 Å². The average Bonchev–Trinajstić information content (AvgIpc) is 2.75. The third-order valence-electron chi connectivity index (χ3n) is 5.66. The van der Waals surface area contributed by atoms with Crippen LogP contribution in [0.2, 0.25) is 0 Å². The van der Waals surface area contributed by atoms with Crippen molar-refractivity contribution in [3.8, 4) is 5.88 Å². The number of carbonyl (C=O) groups excluding carboxylic acids is 1. The lowest BCUT2D eigenvalue weighted by Crippen LogP contribution is -2.43. The largest absolute Gasteiger partial charge is 0.474 e. The minimum Gasteiger partial charge on any atom is -0.474 e. The van der Waals surface area contributed by atoms with Crippen molar-refractivity contribution in [1.82, 2.24) is 15.0 Å². The van der Waals surface area contributed by atoms with Gasteiger partial charge in [0, 0.05) is 31.4 Å². The van der Waals surface area contributed by atoms with Gasteiger partial charge >= 0.3 is 0 Å². The van der Waals surface area contributed by atoms with Gasteiger partial charge in [0.25, 0.3) is 11.8 Å². The molecule has 31 heavy (non-hydrogen) atoms. The Morgan fingerprint density at radius 2 is 2.00 bits per heavy atom. The van der Waals surface area contributed by atoms with Crippen LogP contribution in [0, 0.1) is 0 Å². The number of nitrogens with one attached hydrogen (secondary N) is 1. The zero-order chi connectivity index (χ0) is 21.8. The molecule has 0 spiro atoms. The Kier molecular flexibility index (Phi) is 6.15. The van der Waals surface area contributed by atoms with Crippen molar-refractivity contribution in [3.05, 3.63) is 36.2 Å². The van der Waals surface area contributed by atoms with Crippen molar-refractivity contribution in [1.29, 1.82) is 0 Å². The maximum atomic E-state index is 13.7. The second-order valence-corrected chi connectivity index (χ2v) is 8.08. The summed E-state index contributed by atoms with van der Waals surface area (Å²) in [6.07, 6.45) is 6.68. The first-order chi connectivity index (χ1) is 14.9. The summed E-state index contributed by atoms with van der Waals surface area (Å²) in [6, 6.07) is 5.18. The van der Waals surface area contributed by atoms with Crippen LogP contribution in [0.3, 0.4) is 0 Å². The molecule has 0 atom stereocenters. The van der Waals surface area contributed by atoms with Gasteiger partial charge in [0.2, 0.25) is 11.8 Å². The van der Waals surface area contributed by atoms with E-state index in [-0.39, 0.29) is 36.6 Å². The first-order valence-electron chi connectivity index (χ1n) is 10.5. The highest BCUT2D eigenvalue weighted by Gasteiger charge is 2.36. The number of rotatable bonds is 6. The molecule has 2 aromatic rings. The fourth-order valence-electron chi connectivity index (χ4n) is 4.08. The minimum absolute atomic E-state index is 0.0532. The van der Waals surface area contributed by atoms with E-state index in [0.717, 1.165) is 25.7 Å². The zero-order valence-electron chi connectivity index (χ0n) is 17.1. The number of hydrogen-bond acceptors (Lipinski definition) is 7. The highest BCUT2D eigenvalue weighted by atomic mass is 19.3. The fourth-order valence-corrected chi connectivity index (χ4v) is 4.08. The first kappa shape index (κ1) is 21.2. The summed E-state index contributed by atoms with van der Waals surface area (Å²) in [5.74, 6) is -2.04. The number of piperidine rings is 1. The summed E-state index contributed by atoms with van der Waals surface area (Å²) in [7, 11) is 0. The molecule has 2 aromatic heterocycles. The van der Waals surface area contributed by atoms with E-state index in [9.17, 15) is 13.6 Å². The van der Waals surface area contributed by atoms with Crippen LogP contribution in [0.1, 0.15) is 48.9 Å². The molecule has 0 bridgehead atoms. The lowest BCUT2D eigenvalue weighted by Gasteiger charge is -2.33. The highest BCUT2D eigenvalue weighted by Crippen LogP contribution is 2.30. The quantitative estimate of drug-likeness (QED) is 0.723. The minimum atomic E-state index is -2.70. The Morgan fingerprint density at radius 1 is 1.19 bits per heavy atom. The van der Waals surface area contributed by atoms with Crippen LogP contribution in [0.5, 0.6) is 5.88 Å². The number of amides is 1. The van der Waals surface area contributed by atoms with Crippen LogP contribution in [-0.4, -0.2) is 52.0 Å². The average molecular weight is 432 g/mol. The lowest BCUT2D eigenvalue weighted by atomic mass is 9.93. The van der Waals surface area contributed by atoms with Gasteiger partial charge < -0.3 is 20.7 Å². The molecule has 1 aliphatic heterocycles. The van der Waals surface area contributed by atoms with Crippen molar-refractivity contribution in [2.75, 3.05) is 23.3 Å². The van der Waals surface area contributed by atoms with Gasteiger partial charge in [0.05, 0.1) is 6.54 Å². The number of ether oxygens (including phenoxy) is 1. The molecule has 2 aliphatic rings. The van der Waals surface area contributed by atoms with Crippen LogP contribution >= 0.6 is 0 Å². The predicted molar refractivity (Wildman–Crippen MR) is 111 cm³/mol. The van der Waals surface area contributed by atoms with E-state index < -0.39 is 11.8 Å². The molecule has 3 N–H and O–H groups in total. The number of alkyl halides is 2. The standard InChI is InChI=1S/C21H26F2N6O2/c22-21(23)9-2-12-29(13-21)20-26-11-8-17(28-20)27-14-4-6-15(7-5-14)31-19-16(18(24)30)3-1-10-25-19/h1,3,8,10-11,14-15H,2,4-7,9,12-13H2,(H2,24,30)(H,26,27,28). The van der Waals surface area contributed by atoms with Gasteiger partial charge in [0.15, 0.2) is 0 Å². The third-order valence-corrected chi connectivity index (χ3v) is 5.66.